The van der Waals surface area contributed by atoms with Crippen LogP contribution in [0.5, 0.6) is 0 Å². The molecule has 0 bridgehead atoms. The molecule has 3 N–H and O–H groups in total. The highest BCUT2D eigenvalue weighted by atomic mass is 15.1. The van der Waals surface area contributed by atoms with E-state index in [1.807, 2.05) is 25.3 Å². The molecule has 0 amide bonds. The van der Waals surface area contributed by atoms with Crippen molar-refractivity contribution in [2.75, 3.05) is 12.0 Å². The van der Waals surface area contributed by atoms with E-state index in [4.69, 9.17) is 5.41 Å². The monoisotopic (exact) mass is 188 g/mol. The van der Waals surface area contributed by atoms with Gasteiger partial charge in [0.1, 0.15) is 12.5 Å². The molecule has 0 saturated heterocycles. The van der Waals surface area contributed by atoms with E-state index in [2.05, 4.69) is 15.3 Å². The van der Waals surface area contributed by atoms with Crippen molar-refractivity contribution >= 4 is 17.7 Å². The highest BCUT2D eigenvalue weighted by Gasteiger charge is 2.16. The number of aromatic nitrogens is 1. The number of H-pyrrole nitrogens is 1. The van der Waals surface area contributed by atoms with Crippen LogP contribution in [0.1, 0.15) is 12.5 Å². The van der Waals surface area contributed by atoms with Gasteiger partial charge in [0, 0.05) is 23.5 Å². The van der Waals surface area contributed by atoms with E-state index in [-0.39, 0.29) is 0 Å². The quantitative estimate of drug-likeness (QED) is 0.608. The predicted octanol–water partition coefficient (Wildman–Crippen LogP) is 1.78. The topological polar surface area (TPSA) is 64.0 Å². The summed E-state index contributed by atoms with van der Waals surface area (Å²) in [7, 11) is 0. The third-order valence-electron chi connectivity index (χ3n) is 2.24. The van der Waals surface area contributed by atoms with Crippen LogP contribution in [0.25, 0.3) is 0 Å². The maximum atomic E-state index is 7.29. The third-order valence-corrected chi connectivity index (χ3v) is 2.24. The lowest BCUT2D eigenvalue weighted by Crippen LogP contribution is -2.16. The number of fused-ring (bicyclic) bond motifs is 1. The molecule has 72 valence electrons. The van der Waals surface area contributed by atoms with Gasteiger partial charge < -0.3 is 15.7 Å². The molecule has 0 radical (unpaired) electrons. The number of hydrogen-bond donors (Lipinski definition) is 3. The van der Waals surface area contributed by atoms with Crippen LogP contribution in [0.15, 0.2) is 28.9 Å². The van der Waals surface area contributed by atoms with E-state index in [1.54, 1.807) is 0 Å². The Labute approximate surface area is 82.3 Å². The second-order valence-corrected chi connectivity index (χ2v) is 3.00. The fraction of sp³-hybridized carbons (Fsp3) is 0.200. The molecular formula is C10H12N4. The summed E-state index contributed by atoms with van der Waals surface area (Å²) >= 11 is 0. The Kier molecular flexibility index (Phi) is 2.18. The Morgan fingerprint density at radius 2 is 2.50 bits per heavy atom. The minimum Gasteiger partial charge on any atom is -0.352 e. The summed E-state index contributed by atoms with van der Waals surface area (Å²) in [5.41, 5.74) is 2.78. The molecule has 2 rings (SSSR count). The van der Waals surface area contributed by atoms with Crippen molar-refractivity contribution in [3.05, 3.63) is 29.5 Å². The van der Waals surface area contributed by atoms with Crippen LogP contribution in [0.3, 0.4) is 0 Å². The minimum atomic E-state index is 0.564. The summed E-state index contributed by atoms with van der Waals surface area (Å²) in [5, 5.41) is 10.4. The van der Waals surface area contributed by atoms with Crippen molar-refractivity contribution in [2.45, 2.75) is 6.92 Å². The van der Waals surface area contributed by atoms with E-state index in [0.29, 0.717) is 6.67 Å². The predicted molar refractivity (Wildman–Crippen MR) is 58.4 cm³/mol. The van der Waals surface area contributed by atoms with E-state index in [9.17, 15) is 0 Å². The van der Waals surface area contributed by atoms with Gasteiger partial charge in [-0.05, 0) is 13.0 Å². The van der Waals surface area contributed by atoms with Crippen molar-refractivity contribution in [3.8, 4) is 0 Å². The first-order chi connectivity index (χ1) is 6.86. The lowest BCUT2D eigenvalue weighted by atomic mass is 10.0. The van der Waals surface area contributed by atoms with Gasteiger partial charge in [-0.1, -0.05) is 6.08 Å². The van der Waals surface area contributed by atoms with Crippen LogP contribution in [0, 0.1) is 5.41 Å². The lowest BCUT2D eigenvalue weighted by molar-refractivity contribution is 1.10. The van der Waals surface area contributed by atoms with Crippen molar-refractivity contribution in [1.29, 1.82) is 5.41 Å². The van der Waals surface area contributed by atoms with Gasteiger partial charge in [0.25, 0.3) is 0 Å². The van der Waals surface area contributed by atoms with Crippen LogP contribution < -0.4 is 5.32 Å². The molecule has 0 fully saturated rings. The molecule has 4 heteroatoms. The van der Waals surface area contributed by atoms with Crippen molar-refractivity contribution in [2.24, 2.45) is 4.99 Å². The molecule has 0 aliphatic carbocycles. The number of nitrogens with one attached hydrogen (secondary N) is 3. The SMILES string of the molecule is C/C=C(\C=N)C1=NCNc2[nH]ccc21. The van der Waals surface area contributed by atoms with E-state index < -0.39 is 0 Å². The first kappa shape index (κ1) is 8.74. The first-order valence-corrected chi connectivity index (χ1v) is 4.50. The van der Waals surface area contributed by atoms with Gasteiger partial charge in [0.15, 0.2) is 0 Å². The maximum absolute atomic E-state index is 7.29. The summed E-state index contributed by atoms with van der Waals surface area (Å²) in [5.74, 6) is 0.983. The molecule has 0 unspecified atom stereocenters. The zero-order valence-electron chi connectivity index (χ0n) is 7.96. The number of allylic oxidation sites excluding steroid dienone is 2. The van der Waals surface area contributed by atoms with Crippen LogP contribution in [-0.4, -0.2) is 23.6 Å². The summed E-state index contributed by atoms with van der Waals surface area (Å²) in [6, 6.07) is 1.97. The first-order valence-electron chi connectivity index (χ1n) is 4.50. The molecule has 1 aromatic rings. The molecule has 1 aromatic heterocycles. The summed E-state index contributed by atoms with van der Waals surface area (Å²) < 4.78 is 0. The van der Waals surface area contributed by atoms with Gasteiger partial charge in [-0.2, -0.15) is 0 Å². The number of nitrogens with zero attached hydrogens (tertiary/aromatic N) is 1. The van der Waals surface area contributed by atoms with Crippen LogP contribution in [0.2, 0.25) is 0 Å². The Bertz CT molecular complexity index is 412. The summed E-state index contributed by atoms with van der Waals surface area (Å²) in [6.45, 7) is 2.48. The van der Waals surface area contributed by atoms with Gasteiger partial charge in [-0.15, -0.1) is 0 Å². The van der Waals surface area contributed by atoms with Gasteiger partial charge >= 0.3 is 0 Å². The molecule has 0 saturated carbocycles. The normalized spacial score (nSPS) is 15.5. The van der Waals surface area contributed by atoms with Crippen molar-refractivity contribution < 1.29 is 0 Å². The van der Waals surface area contributed by atoms with Crippen LogP contribution in [0.4, 0.5) is 5.82 Å². The Morgan fingerprint density at radius 1 is 1.64 bits per heavy atom. The number of anilines is 1. The minimum absolute atomic E-state index is 0.564. The molecule has 0 aromatic carbocycles. The molecule has 1 aliphatic heterocycles. The third kappa shape index (κ3) is 1.25. The molecule has 2 heterocycles. The van der Waals surface area contributed by atoms with Crippen LogP contribution >= 0.6 is 0 Å². The highest BCUT2D eigenvalue weighted by Crippen LogP contribution is 2.20. The average molecular weight is 188 g/mol. The number of rotatable bonds is 2. The van der Waals surface area contributed by atoms with E-state index in [1.165, 1.54) is 6.21 Å². The van der Waals surface area contributed by atoms with Crippen LogP contribution in [-0.2, 0) is 0 Å². The smallest absolute Gasteiger partial charge is 0.114 e. The summed E-state index contributed by atoms with van der Waals surface area (Å²) in [6.07, 6.45) is 5.10. The molecular weight excluding hydrogens is 176 g/mol. The van der Waals surface area contributed by atoms with E-state index in [0.717, 1.165) is 22.7 Å². The molecule has 1 aliphatic rings. The zero-order chi connectivity index (χ0) is 9.97. The standard InChI is InChI=1S/C10H12N4/c1-2-7(5-11)9-8-3-4-12-10(8)14-6-13-9/h2-5,11-12,14H,6H2,1H3/b7-2+,11-5?. The number of aromatic amines is 1. The second kappa shape index (κ2) is 3.49. The van der Waals surface area contributed by atoms with E-state index >= 15 is 0 Å². The largest absolute Gasteiger partial charge is 0.352 e. The Hall–Kier alpha value is -1.84. The zero-order valence-corrected chi connectivity index (χ0v) is 7.96. The van der Waals surface area contributed by atoms with Gasteiger partial charge in [-0.3, -0.25) is 4.99 Å². The van der Waals surface area contributed by atoms with Gasteiger partial charge in [0.2, 0.25) is 0 Å². The van der Waals surface area contributed by atoms with Crippen molar-refractivity contribution in [3.63, 3.8) is 0 Å². The van der Waals surface area contributed by atoms with Crippen molar-refractivity contribution in [1.82, 2.24) is 4.98 Å². The summed E-state index contributed by atoms with van der Waals surface area (Å²) in [4.78, 5) is 7.45. The maximum Gasteiger partial charge on any atom is 0.114 e. The highest BCUT2D eigenvalue weighted by molar-refractivity contribution is 6.25. The number of hydrogen-bond acceptors (Lipinski definition) is 3. The van der Waals surface area contributed by atoms with Gasteiger partial charge in [0.05, 0.1) is 5.71 Å². The molecule has 0 atom stereocenters. The number of aliphatic imine (C=N–C) groups is 1. The second-order valence-electron chi connectivity index (χ2n) is 3.00. The fourth-order valence-corrected chi connectivity index (χ4v) is 1.53. The lowest BCUT2D eigenvalue weighted by Gasteiger charge is -2.14. The average Bonchev–Trinajstić information content (AvgIpc) is 2.68. The van der Waals surface area contributed by atoms with Gasteiger partial charge in [-0.25, -0.2) is 0 Å². The molecule has 0 spiro atoms. The fourth-order valence-electron chi connectivity index (χ4n) is 1.53. The Morgan fingerprint density at radius 3 is 3.21 bits per heavy atom. The molecule has 14 heavy (non-hydrogen) atoms. The molecule has 4 nitrogen and oxygen atoms in total. The Balaban J connectivity index is 2.47.